The smallest absolute Gasteiger partial charge is 0.339 e. The van der Waals surface area contributed by atoms with E-state index < -0.39 is 5.97 Å². The van der Waals surface area contributed by atoms with Crippen molar-refractivity contribution in [3.8, 4) is 0 Å². The summed E-state index contributed by atoms with van der Waals surface area (Å²) < 4.78 is 0. The first kappa shape index (κ1) is 14.6. The number of carbonyl (C=O) groups excluding carboxylic acids is 1. The molecule has 0 saturated carbocycles. The number of benzene rings is 1. The standard InChI is InChI=1S/C13H16ClN3O3/c14-9-2-1-3-10(11(9)12(18)19)16-13(20)17-5-4-8(6-15)7-17/h1-3,8H,4-7,15H2,(H,16,20)(H,18,19). The molecule has 2 amide bonds. The number of nitrogens with one attached hydrogen (secondary N) is 1. The molecule has 1 aliphatic heterocycles. The van der Waals surface area contributed by atoms with Crippen molar-refractivity contribution >= 4 is 29.3 Å². The predicted octanol–water partition coefficient (Wildman–Crippen LogP) is 1.85. The Morgan fingerprint density at radius 1 is 1.50 bits per heavy atom. The molecular weight excluding hydrogens is 282 g/mol. The molecule has 7 heteroatoms. The Balaban J connectivity index is 2.13. The van der Waals surface area contributed by atoms with Crippen LogP contribution in [-0.4, -0.2) is 41.6 Å². The van der Waals surface area contributed by atoms with Crippen LogP contribution in [0.15, 0.2) is 18.2 Å². The topological polar surface area (TPSA) is 95.7 Å². The number of anilines is 1. The molecule has 0 bridgehead atoms. The van der Waals surface area contributed by atoms with Gasteiger partial charge in [-0.05, 0) is 31.0 Å². The number of aromatic carboxylic acids is 1. The zero-order valence-corrected chi connectivity index (χ0v) is 11.6. The van der Waals surface area contributed by atoms with Crippen LogP contribution in [0.2, 0.25) is 5.02 Å². The second kappa shape index (κ2) is 6.11. The van der Waals surface area contributed by atoms with Crippen LogP contribution >= 0.6 is 11.6 Å². The second-order valence-corrected chi connectivity index (χ2v) is 5.14. The van der Waals surface area contributed by atoms with Gasteiger partial charge in [0, 0.05) is 13.1 Å². The number of nitrogens with zero attached hydrogens (tertiary/aromatic N) is 1. The lowest BCUT2D eigenvalue weighted by Gasteiger charge is -2.18. The first-order valence-corrected chi connectivity index (χ1v) is 6.68. The van der Waals surface area contributed by atoms with Crippen molar-refractivity contribution in [1.82, 2.24) is 4.90 Å². The number of nitrogens with two attached hydrogens (primary N) is 1. The molecule has 0 aliphatic carbocycles. The van der Waals surface area contributed by atoms with Crippen LogP contribution in [0.1, 0.15) is 16.8 Å². The van der Waals surface area contributed by atoms with Crippen LogP contribution in [0, 0.1) is 5.92 Å². The molecule has 0 spiro atoms. The zero-order valence-electron chi connectivity index (χ0n) is 10.8. The molecule has 6 nitrogen and oxygen atoms in total. The minimum atomic E-state index is -1.17. The number of urea groups is 1. The highest BCUT2D eigenvalue weighted by Gasteiger charge is 2.26. The summed E-state index contributed by atoms with van der Waals surface area (Å²) in [6, 6.07) is 4.26. The van der Waals surface area contributed by atoms with Crippen molar-refractivity contribution in [2.75, 3.05) is 25.0 Å². The fourth-order valence-electron chi connectivity index (χ4n) is 2.25. The molecule has 108 valence electrons. The van der Waals surface area contributed by atoms with E-state index in [0.717, 1.165) is 6.42 Å². The summed E-state index contributed by atoms with van der Waals surface area (Å²) in [6.45, 7) is 1.75. The van der Waals surface area contributed by atoms with Gasteiger partial charge >= 0.3 is 12.0 Å². The van der Waals surface area contributed by atoms with E-state index in [1.54, 1.807) is 11.0 Å². The minimum absolute atomic E-state index is 0.0940. The van der Waals surface area contributed by atoms with Crippen LogP contribution in [0.5, 0.6) is 0 Å². The molecule has 1 aromatic rings. The van der Waals surface area contributed by atoms with E-state index in [1.165, 1.54) is 12.1 Å². The summed E-state index contributed by atoms with van der Waals surface area (Å²) in [5, 5.41) is 11.8. The third-order valence-electron chi connectivity index (χ3n) is 3.38. The summed E-state index contributed by atoms with van der Waals surface area (Å²) in [4.78, 5) is 24.9. The molecule has 0 aromatic heterocycles. The quantitative estimate of drug-likeness (QED) is 0.793. The fourth-order valence-corrected chi connectivity index (χ4v) is 2.50. The first-order chi connectivity index (χ1) is 9.52. The Bertz CT molecular complexity index is 536. The lowest BCUT2D eigenvalue weighted by atomic mass is 10.1. The third kappa shape index (κ3) is 3.02. The maximum Gasteiger partial charge on any atom is 0.339 e. The van der Waals surface area contributed by atoms with Crippen LogP contribution in [0.25, 0.3) is 0 Å². The van der Waals surface area contributed by atoms with Crippen LogP contribution in [0.3, 0.4) is 0 Å². The number of hydrogen-bond donors (Lipinski definition) is 3. The van der Waals surface area contributed by atoms with Gasteiger partial charge in [-0.15, -0.1) is 0 Å². The summed E-state index contributed by atoms with van der Waals surface area (Å²) in [5.74, 6) is -0.869. The second-order valence-electron chi connectivity index (χ2n) is 4.73. The molecular formula is C13H16ClN3O3. The number of likely N-dealkylation sites (tertiary alicyclic amines) is 1. The van der Waals surface area contributed by atoms with Gasteiger partial charge in [0.1, 0.15) is 5.56 Å². The third-order valence-corrected chi connectivity index (χ3v) is 3.69. The van der Waals surface area contributed by atoms with Gasteiger partial charge in [-0.2, -0.15) is 0 Å². The molecule has 1 heterocycles. The van der Waals surface area contributed by atoms with E-state index >= 15 is 0 Å². The molecule has 1 fully saturated rings. The van der Waals surface area contributed by atoms with E-state index in [9.17, 15) is 9.59 Å². The molecule has 1 saturated heterocycles. The lowest BCUT2D eigenvalue weighted by molar-refractivity contribution is 0.0698. The fraction of sp³-hybridized carbons (Fsp3) is 0.385. The van der Waals surface area contributed by atoms with Gasteiger partial charge in [-0.25, -0.2) is 9.59 Å². The van der Waals surface area contributed by atoms with Crippen molar-refractivity contribution in [1.29, 1.82) is 0 Å². The van der Waals surface area contributed by atoms with Gasteiger partial charge in [-0.3, -0.25) is 0 Å². The number of amides is 2. The maximum absolute atomic E-state index is 12.1. The molecule has 20 heavy (non-hydrogen) atoms. The molecule has 1 unspecified atom stereocenters. The highest BCUT2D eigenvalue weighted by molar-refractivity contribution is 6.34. The van der Waals surface area contributed by atoms with Gasteiger partial charge in [0.25, 0.3) is 0 Å². The molecule has 1 atom stereocenters. The van der Waals surface area contributed by atoms with Gasteiger partial charge < -0.3 is 21.1 Å². The normalized spacial score (nSPS) is 18.1. The molecule has 2 rings (SSSR count). The van der Waals surface area contributed by atoms with E-state index in [2.05, 4.69) is 5.32 Å². The minimum Gasteiger partial charge on any atom is -0.478 e. The highest BCUT2D eigenvalue weighted by atomic mass is 35.5. The van der Waals surface area contributed by atoms with Gasteiger partial charge in [0.2, 0.25) is 0 Å². The van der Waals surface area contributed by atoms with Gasteiger partial charge in [-0.1, -0.05) is 17.7 Å². The monoisotopic (exact) mass is 297 g/mol. The molecule has 1 aliphatic rings. The number of rotatable bonds is 3. The number of halogens is 1. The Morgan fingerprint density at radius 3 is 2.85 bits per heavy atom. The number of carboxylic acids is 1. The number of carbonyl (C=O) groups is 2. The first-order valence-electron chi connectivity index (χ1n) is 6.30. The molecule has 1 aromatic carbocycles. The van der Waals surface area contributed by atoms with Gasteiger partial charge in [0.15, 0.2) is 0 Å². The summed E-state index contributed by atoms with van der Waals surface area (Å²) in [5.41, 5.74) is 5.68. The van der Waals surface area contributed by atoms with Gasteiger partial charge in [0.05, 0.1) is 10.7 Å². The summed E-state index contributed by atoms with van der Waals surface area (Å²) >= 11 is 5.85. The summed E-state index contributed by atoms with van der Waals surface area (Å²) in [7, 11) is 0. The zero-order chi connectivity index (χ0) is 14.7. The van der Waals surface area contributed by atoms with Crippen molar-refractivity contribution < 1.29 is 14.7 Å². The molecule has 0 radical (unpaired) electrons. The molecule has 4 N–H and O–H groups in total. The van der Waals surface area contributed by atoms with E-state index in [4.69, 9.17) is 22.4 Å². The van der Waals surface area contributed by atoms with Crippen LogP contribution < -0.4 is 11.1 Å². The Hall–Kier alpha value is -1.79. The largest absolute Gasteiger partial charge is 0.478 e. The van der Waals surface area contributed by atoms with E-state index in [1.807, 2.05) is 0 Å². The predicted molar refractivity (Wildman–Crippen MR) is 76.2 cm³/mol. The Labute approximate surface area is 121 Å². The SMILES string of the molecule is NCC1CCN(C(=O)Nc2cccc(Cl)c2C(=O)O)C1. The number of hydrogen-bond acceptors (Lipinski definition) is 3. The van der Waals surface area contributed by atoms with E-state index in [-0.39, 0.29) is 22.3 Å². The van der Waals surface area contributed by atoms with Crippen molar-refractivity contribution in [2.24, 2.45) is 11.7 Å². The van der Waals surface area contributed by atoms with E-state index in [0.29, 0.717) is 25.6 Å². The van der Waals surface area contributed by atoms with Crippen LogP contribution in [-0.2, 0) is 0 Å². The highest BCUT2D eigenvalue weighted by Crippen LogP contribution is 2.25. The average Bonchev–Trinajstić information content (AvgIpc) is 2.87. The Morgan fingerprint density at radius 2 is 2.25 bits per heavy atom. The maximum atomic E-state index is 12.1. The Kier molecular flexibility index (Phi) is 4.46. The van der Waals surface area contributed by atoms with Crippen molar-refractivity contribution in [2.45, 2.75) is 6.42 Å². The van der Waals surface area contributed by atoms with Crippen molar-refractivity contribution in [3.05, 3.63) is 28.8 Å². The van der Waals surface area contributed by atoms with Crippen LogP contribution in [0.4, 0.5) is 10.5 Å². The summed E-state index contributed by atoms with van der Waals surface area (Å²) in [6.07, 6.45) is 0.866. The lowest BCUT2D eigenvalue weighted by Crippen LogP contribution is -2.34. The van der Waals surface area contributed by atoms with Crippen molar-refractivity contribution in [3.63, 3.8) is 0 Å². The number of carboxylic acid groups (broad SMARTS) is 1. The average molecular weight is 298 g/mol.